The molecule has 0 radical (unpaired) electrons. The van der Waals surface area contributed by atoms with Gasteiger partial charge in [-0.15, -0.1) is 0 Å². The Morgan fingerprint density at radius 3 is 2.90 bits per heavy atom. The number of nitrogens with one attached hydrogen (secondary N) is 1. The lowest BCUT2D eigenvalue weighted by atomic mass is 10.0. The average molecular weight is 415 g/mol. The molecule has 0 spiro atoms. The maximum absolute atomic E-state index is 9.51. The Bertz CT molecular complexity index is 986. The van der Waals surface area contributed by atoms with E-state index in [1.165, 1.54) is 6.42 Å². The van der Waals surface area contributed by atoms with Gasteiger partial charge in [-0.2, -0.15) is 9.97 Å². The first-order valence-electron chi connectivity index (χ1n) is 10.2. The van der Waals surface area contributed by atoms with E-state index in [0.29, 0.717) is 16.8 Å². The van der Waals surface area contributed by atoms with E-state index in [1.54, 1.807) is 0 Å². The van der Waals surface area contributed by atoms with E-state index in [4.69, 9.17) is 21.6 Å². The van der Waals surface area contributed by atoms with Crippen molar-refractivity contribution in [3.05, 3.63) is 35.6 Å². The predicted octanol–water partition coefficient (Wildman–Crippen LogP) is 4.55. The van der Waals surface area contributed by atoms with Crippen molar-refractivity contribution in [3.63, 3.8) is 0 Å². The van der Waals surface area contributed by atoms with Gasteiger partial charge in [0, 0.05) is 35.9 Å². The smallest absolute Gasteiger partial charge is 0.229 e. The van der Waals surface area contributed by atoms with Crippen molar-refractivity contribution in [2.24, 2.45) is 0 Å². The van der Waals surface area contributed by atoms with Crippen LogP contribution in [0.5, 0.6) is 0 Å². The minimum absolute atomic E-state index is 0.168. The van der Waals surface area contributed by atoms with Crippen molar-refractivity contribution in [2.75, 3.05) is 23.4 Å². The fourth-order valence-corrected chi connectivity index (χ4v) is 4.10. The van der Waals surface area contributed by atoms with E-state index in [-0.39, 0.29) is 18.7 Å². The highest BCUT2D eigenvalue weighted by Crippen LogP contribution is 2.31. The number of aromatic nitrogens is 4. The van der Waals surface area contributed by atoms with Crippen LogP contribution in [0, 0.1) is 0 Å². The highest BCUT2D eigenvalue weighted by molar-refractivity contribution is 6.30. The summed E-state index contributed by atoms with van der Waals surface area (Å²) in [5.74, 6) is 1.35. The van der Waals surface area contributed by atoms with Gasteiger partial charge in [-0.05, 0) is 57.7 Å². The molecule has 29 heavy (non-hydrogen) atoms. The van der Waals surface area contributed by atoms with E-state index < -0.39 is 0 Å². The number of fused-ring (bicyclic) bond motifs is 1. The molecule has 2 aromatic heterocycles. The summed E-state index contributed by atoms with van der Waals surface area (Å²) in [4.78, 5) is 16.6. The van der Waals surface area contributed by atoms with Gasteiger partial charge in [-0.25, -0.2) is 4.98 Å². The Morgan fingerprint density at radius 2 is 2.14 bits per heavy atom. The Kier molecular flexibility index (Phi) is 5.87. The number of rotatable bonds is 6. The number of piperidine rings is 1. The molecule has 1 aromatic carbocycles. The second kappa shape index (κ2) is 8.55. The molecule has 1 fully saturated rings. The molecule has 1 unspecified atom stereocenters. The van der Waals surface area contributed by atoms with E-state index in [1.807, 2.05) is 30.6 Å². The zero-order valence-electron chi connectivity index (χ0n) is 16.8. The zero-order chi connectivity index (χ0) is 20.4. The summed E-state index contributed by atoms with van der Waals surface area (Å²) in [6.07, 6.45) is 5.85. The highest BCUT2D eigenvalue weighted by atomic mass is 35.5. The average Bonchev–Trinajstić information content (AvgIpc) is 3.13. The van der Waals surface area contributed by atoms with Crippen molar-refractivity contribution in [3.8, 4) is 0 Å². The molecule has 0 bridgehead atoms. The summed E-state index contributed by atoms with van der Waals surface area (Å²) < 4.78 is 2.06. The number of aliphatic hydroxyl groups is 1. The lowest BCUT2D eigenvalue weighted by Crippen LogP contribution is -2.41. The third-order valence-corrected chi connectivity index (χ3v) is 5.63. The van der Waals surface area contributed by atoms with Crippen LogP contribution >= 0.6 is 11.6 Å². The molecular weight excluding hydrogens is 388 g/mol. The van der Waals surface area contributed by atoms with Gasteiger partial charge >= 0.3 is 0 Å². The molecule has 7 nitrogen and oxygen atoms in total. The van der Waals surface area contributed by atoms with Crippen LogP contribution in [0.15, 0.2) is 30.6 Å². The fourth-order valence-electron chi connectivity index (χ4n) is 3.91. The molecule has 8 heteroatoms. The SMILES string of the molecule is CC(C)n1cnc2c(Nc3cccc(Cl)c3)nc(N3CCCCC3CCO)nc21. The van der Waals surface area contributed by atoms with Gasteiger partial charge in [0.25, 0.3) is 0 Å². The fraction of sp³-hybridized carbons (Fsp3) is 0.476. The third kappa shape index (κ3) is 4.16. The molecule has 0 amide bonds. The standard InChI is InChI=1S/C21H27ClN6O/c1-14(2)28-13-23-18-19(24-16-7-5-6-15(22)12-16)25-21(26-20(18)28)27-10-4-3-8-17(27)9-11-29/h5-7,12-14,17,29H,3-4,8-11H2,1-2H3,(H,24,25,26). The highest BCUT2D eigenvalue weighted by Gasteiger charge is 2.26. The van der Waals surface area contributed by atoms with E-state index in [2.05, 4.69) is 33.6 Å². The van der Waals surface area contributed by atoms with Crippen molar-refractivity contribution >= 4 is 40.2 Å². The quantitative estimate of drug-likeness (QED) is 0.616. The summed E-state index contributed by atoms with van der Waals surface area (Å²) in [7, 11) is 0. The molecule has 1 atom stereocenters. The lowest BCUT2D eigenvalue weighted by molar-refractivity contribution is 0.262. The number of nitrogens with zero attached hydrogens (tertiary/aromatic N) is 5. The first-order chi connectivity index (χ1) is 14.1. The molecule has 4 rings (SSSR count). The number of aliphatic hydroxyl groups excluding tert-OH is 1. The summed E-state index contributed by atoms with van der Waals surface area (Å²) in [5.41, 5.74) is 2.40. The second-order valence-corrected chi connectivity index (χ2v) is 8.22. The largest absolute Gasteiger partial charge is 0.396 e. The molecule has 3 aromatic rings. The Labute approximate surface area is 175 Å². The normalized spacial score (nSPS) is 17.3. The molecule has 3 heterocycles. The Hall–Kier alpha value is -2.38. The zero-order valence-corrected chi connectivity index (χ0v) is 17.6. The summed E-state index contributed by atoms with van der Waals surface area (Å²) in [5, 5.41) is 13.5. The van der Waals surface area contributed by atoms with Crippen LogP contribution in [0.1, 0.15) is 45.6 Å². The molecule has 1 aliphatic rings. The molecule has 154 valence electrons. The van der Waals surface area contributed by atoms with Crippen LogP contribution in [0.25, 0.3) is 11.2 Å². The van der Waals surface area contributed by atoms with E-state index in [0.717, 1.165) is 42.7 Å². The maximum Gasteiger partial charge on any atom is 0.229 e. The summed E-state index contributed by atoms with van der Waals surface area (Å²) in [6.45, 7) is 5.29. The number of benzene rings is 1. The Morgan fingerprint density at radius 1 is 1.28 bits per heavy atom. The summed E-state index contributed by atoms with van der Waals surface area (Å²) >= 11 is 6.16. The van der Waals surface area contributed by atoms with Gasteiger partial charge in [0.2, 0.25) is 5.95 Å². The summed E-state index contributed by atoms with van der Waals surface area (Å²) in [6, 6.07) is 8.04. The van der Waals surface area contributed by atoms with Gasteiger partial charge in [0.1, 0.15) is 0 Å². The number of anilines is 3. The molecular formula is C21H27ClN6O. The van der Waals surface area contributed by atoms with Crippen LogP contribution < -0.4 is 10.2 Å². The molecule has 2 N–H and O–H groups in total. The number of hydrogen-bond acceptors (Lipinski definition) is 6. The van der Waals surface area contributed by atoms with E-state index in [9.17, 15) is 5.11 Å². The maximum atomic E-state index is 9.51. The number of halogens is 1. The van der Waals surface area contributed by atoms with Crippen molar-refractivity contribution in [2.45, 2.75) is 51.6 Å². The van der Waals surface area contributed by atoms with E-state index >= 15 is 0 Å². The van der Waals surface area contributed by atoms with Gasteiger partial charge in [-0.3, -0.25) is 0 Å². The number of hydrogen-bond donors (Lipinski definition) is 2. The molecule has 0 saturated carbocycles. The number of imidazole rings is 1. The van der Waals surface area contributed by atoms with Crippen molar-refractivity contribution in [1.29, 1.82) is 0 Å². The minimum atomic E-state index is 0.168. The van der Waals surface area contributed by atoms with Gasteiger partial charge in [0.05, 0.1) is 6.33 Å². The van der Waals surface area contributed by atoms with Gasteiger partial charge in [0.15, 0.2) is 17.0 Å². The molecule has 1 saturated heterocycles. The first kappa shape index (κ1) is 19.9. The molecule has 0 aliphatic carbocycles. The first-order valence-corrected chi connectivity index (χ1v) is 10.6. The third-order valence-electron chi connectivity index (χ3n) is 5.40. The van der Waals surface area contributed by atoms with Crippen LogP contribution in [-0.4, -0.2) is 43.8 Å². The lowest BCUT2D eigenvalue weighted by Gasteiger charge is -2.35. The van der Waals surface area contributed by atoms with Crippen molar-refractivity contribution < 1.29 is 5.11 Å². The topological polar surface area (TPSA) is 79.1 Å². The Balaban J connectivity index is 1.81. The van der Waals surface area contributed by atoms with Crippen LogP contribution in [-0.2, 0) is 0 Å². The second-order valence-electron chi connectivity index (χ2n) is 7.78. The van der Waals surface area contributed by atoms with Crippen LogP contribution in [0.4, 0.5) is 17.5 Å². The minimum Gasteiger partial charge on any atom is -0.396 e. The monoisotopic (exact) mass is 414 g/mol. The molecule has 1 aliphatic heterocycles. The van der Waals surface area contributed by atoms with Crippen LogP contribution in [0.2, 0.25) is 5.02 Å². The predicted molar refractivity (Wildman–Crippen MR) is 117 cm³/mol. The van der Waals surface area contributed by atoms with Gasteiger partial charge in [-0.1, -0.05) is 17.7 Å². The van der Waals surface area contributed by atoms with Crippen LogP contribution in [0.3, 0.4) is 0 Å². The van der Waals surface area contributed by atoms with Gasteiger partial charge < -0.3 is 19.9 Å². The van der Waals surface area contributed by atoms with Crippen molar-refractivity contribution in [1.82, 2.24) is 19.5 Å².